The highest BCUT2D eigenvalue weighted by Gasteiger charge is 2.10. The number of aliphatic imine (C=N–C) groups is 1. The van der Waals surface area contributed by atoms with E-state index in [0.717, 1.165) is 32.0 Å². The molecule has 1 aliphatic rings. The second-order valence-corrected chi connectivity index (χ2v) is 6.15. The van der Waals surface area contributed by atoms with Crippen molar-refractivity contribution < 1.29 is 0 Å². The molecule has 0 radical (unpaired) electrons. The molecule has 1 aliphatic heterocycles. The first kappa shape index (κ1) is 21.2. The summed E-state index contributed by atoms with van der Waals surface area (Å²) in [6.07, 6.45) is 4.98. The second kappa shape index (κ2) is 12.5. The van der Waals surface area contributed by atoms with Crippen LogP contribution in [0.5, 0.6) is 0 Å². The summed E-state index contributed by atoms with van der Waals surface area (Å²) in [5.74, 6) is 0.930. The number of guanidine groups is 1. The molecule has 0 aromatic heterocycles. The molecular formula is C19H33IN4. The fourth-order valence-corrected chi connectivity index (χ4v) is 3.08. The van der Waals surface area contributed by atoms with E-state index in [2.05, 4.69) is 53.6 Å². The molecule has 0 atom stereocenters. The minimum absolute atomic E-state index is 0. The van der Waals surface area contributed by atoms with Crippen molar-refractivity contribution in [2.24, 2.45) is 4.99 Å². The van der Waals surface area contributed by atoms with Crippen LogP contribution in [0.2, 0.25) is 0 Å². The average Bonchev–Trinajstić information content (AvgIpc) is 3.10. The van der Waals surface area contributed by atoms with Crippen LogP contribution in [0.4, 0.5) is 0 Å². The Morgan fingerprint density at radius 3 is 2.46 bits per heavy atom. The van der Waals surface area contributed by atoms with Crippen LogP contribution >= 0.6 is 24.0 Å². The van der Waals surface area contributed by atoms with Gasteiger partial charge in [-0.25, -0.2) is 4.99 Å². The predicted octanol–water partition coefficient (Wildman–Crippen LogP) is 3.41. The molecule has 24 heavy (non-hydrogen) atoms. The highest BCUT2D eigenvalue weighted by molar-refractivity contribution is 14.0. The summed E-state index contributed by atoms with van der Waals surface area (Å²) < 4.78 is 0. The Morgan fingerprint density at radius 2 is 1.79 bits per heavy atom. The number of nitrogens with zero attached hydrogens (tertiary/aromatic N) is 2. The zero-order valence-corrected chi connectivity index (χ0v) is 17.5. The number of likely N-dealkylation sites (tertiary alicyclic amines) is 1. The third-order valence-corrected chi connectivity index (χ3v) is 4.39. The van der Waals surface area contributed by atoms with Gasteiger partial charge in [0.2, 0.25) is 0 Å². The van der Waals surface area contributed by atoms with Crippen LogP contribution in [-0.2, 0) is 13.0 Å². The highest BCUT2D eigenvalue weighted by atomic mass is 127. The molecule has 136 valence electrons. The first-order valence-electron chi connectivity index (χ1n) is 9.14. The third-order valence-electron chi connectivity index (χ3n) is 4.39. The van der Waals surface area contributed by atoms with E-state index in [1.165, 1.54) is 50.0 Å². The molecule has 2 rings (SSSR count). The standard InChI is InChI=1S/C19H32N4.HI/c1-3-17-10-5-6-11-18(17)16-22-19(20-4-2)21-12-9-15-23-13-7-8-14-23;/h5-6,10-11H,3-4,7-9,12-16H2,1-2H3,(H2,20,21,22);1H. The Hall–Kier alpha value is -0.820. The summed E-state index contributed by atoms with van der Waals surface area (Å²) in [4.78, 5) is 7.30. The molecule has 2 N–H and O–H groups in total. The van der Waals surface area contributed by atoms with E-state index in [9.17, 15) is 0 Å². The van der Waals surface area contributed by atoms with Gasteiger partial charge in [-0.2, -0.15) is 0 Å². The van der Waals surface area contributed by atoms with Crippen molar-refractivity contribution in [2.45, 2.75) is 46.1 Å². The van der Waals surface area contributed by atoms with Gasteiger partial charge in [-0.15, -0.1) is 24.0 Å². The number of nitrogens with one attached hydrogen (secondary N) is 2. The van der Waals surface area contributed by atoms with Crippen LogP contribution in [0, 0.1) is 0 Å². The van der Waals surface area contributed by atoms with Gasteiger partial charge in [0.1, 0.15) is 0 Å². The average molecular weight is 444 g/mol. The largest absolute Gasteiger partial charge is 0.357 e. The lowest BCUT2D eigenvalue weighted by Gasteiger charge is -2.16. The van der Waals surface area contributed by atoms with Crippen LogP contribution in [0.15, 0.2) is 29.3 Å². The monoisotopic (exact) mass is 444 g/mol. The molecule has 0 saturated carbocycles. The van der Waals surface area contributed by atoms with E-state index in [1.54, 1.807) is 0 Å². The van der Waals surface area contributed by atoms with Crippen molar-refractivity contribution >= 4 is 29.9 Å². The van der Waals surface area contributed by atoms with E-state index < -0.39 is 0 Å². The van der Waals surface area contributed by atoms with Crippen LogP contribution < -0.4 is 10.6 Å². The van der Waals surface area contributed by atoms with Crippen molar-refractivity contribution in [2.75, 3.05) is 32.7 Å². The van der Waals surface area contributed by atoms with Crippen molar-refractivity contribution in [1.82, 2.24) is 15.5 Å². The normalized spacial score (nSPS) is 15.2. The molecule has 0 spiro atoms. The lowest BCUT2D eigenvalue weighted by molar-refractivity contribution is 0.334. The Bertz CT molecular complexity index is 484. The molecule has 4 nitrogen and oxygen atoms in total. The minimum Gasteiger partial charge on any atom is -0.357 e. The number of halogens is 1. The van der Waals surface area contributed by atoms with E-state index in [0.29, 0.717) is 0 Å². The first-order valence-corrected chi connectivity index (χ1v) is 9.14. The lowest BCUT2D eigenvalue weighted by atomic mass is 10.1. The maximum absolute atomic E-state index is 4.74. The molecule has 1 saturated heterocycles. The number of aryl methyl sites for hydroxylation is 1. The molecule has 0 aliphatic carbocycles. The zero-order valence-electron chi connectivity index (χ0n) is 15.2. The topological polar surface area (TPSA) is 39.7 Å². The molecule has 1 fully saturated rings. The summed E-state index contributed by atoms with van der Waals surface area (Å²) in [5, 5.41) is 6.81. The maximum atomic E-state index is 4.74. The molecule has 1 aromatic rings. The molecule has 0 unspecified atom stereocenters. The Labute approximate surface area is 164 Å². The minimum atomic E-state index is 0. The summed E-state index contributed by atoms with van der Waals surface area (Å²) in [5.41, 5.74) is 2.71. The summed E-state index contributed by atoms with van der Waals surface area (Å²) in [6, 6.07) is 8.58. The Balaban J connectivity index is 0.00000288. The van der Waals surface area contributed by atoms with Crippen LogP contribution in [0.3, 0.4) is 0 Å². The smallest absolute Gasteiger partial charge is 0.191 e. The number of hydrogen-bond donors (Lipinski definition) is 2. The molecule has 1 aromatic carbocycles. The van der Waals surface area contributed by atoms with E-state index in [4.69, 9.17) is 4.99 Å². The van der Waals surface area contributed by atoms with Gasteiger partial charge in [0.05, 0.1) is 6.54 Å². The number of rotatable bonds is 8. The third kappa shape index (κ3) is 7.38. The summed E-state index contributed by atoms with van der Waals surface area (Å²) in [7, 11) is 0. The summed E-state index contributed by atoms with van der Waals surface area (Å²) >= 11 is 0. The van der Waals surface area contributed by atoms with Gasteiger partial charge in [0, 0.05) is 13.1 Å². The van der Waals surface area contributed by atoms with Crippen molar-refractivity contribution in [3.63, 3.8) is 0 Å². The van der Waals surface area contributed by atoms with Gasteiger partial charge >= 0.3 is 0 Å². The van der Waals surface area contributed by atoms with E-state index in [-0.39, 0.29) is 24.0 Å². The van der Waals surface area contributed by atoms with Crippen molar-refractivity contribution in [3.8, 4) is 0 Å². The van der Waals surface area contributed by atoms with Crippen LogP contribution in [0.25, 0.3) is 0 Å². The Morgan fingerprint density at radius 1 is 1.08 bits per heavy atom. The SMILES string of the molecule is CCNC(=NCc1ccccc1CC)NCCCN1CCCC1.I. The van der Waals surface area contributed by atoms with Gasteiger partial charge in [0.15, 0.2) is 5.96 Å². The lowest BCUT2D eigenvalue weighted by Crippen LogP contribution is -2.38. The Kier molecular flexibility index (Phi) is 11.1. The second-order valence-electron chi connectivity index (χ2n) is 6.15. The molecule has 0 bridgehead atoms. The predicted molar refractivity (Wildman–Crippen MR) is 114 cm³/mol. The quantitative estimate of drug-likeness (QED) is 0.280. The number of hydrogen-bond acceptors (Lipinski definition) is 2. The highest BCUT2D eigenvalue weighted by Crippen LogP contribution is 2.10. The van der Waals surface area contributed by atoms with Gasteiger partial charge < -0.3 is 15.5 Å². The van der Waals surface area contributed by atoms with Gasteiger partial charge in [-0.05, 0) is 63.4 Å². The molecular weight excluding hydrogens is 411 g/mol. The fourth-order valence-electron chi connectivity index (χ4n) is 3.08. The zero-order chi connectivity index (χ0) is 16.3. The van der Waals surface area contributed by atoms with E-state index >= 15 is 0 Å². The number of benzene rings is 1. The maximum Gasteiger partial charge on any atom is 0.191 e. The van der Waals surface area contributed by atoms with Crippen LogP contribution in [0.1, 0.15) is 44.2 Å². The van der Waals surface area contributed by atoms with Crippen molar-refractivity contribution in [3.05, 3.63) is 35.4 Å². The van der Waals surface area contributed by atoms with E-state index in [1.807, 2.05) is 0 Å². The van der Waals surface area contributed by atoms with Crippen LogP contribution in [-0.4, -0.2) is 43.6 Å². The molecule has 5 heteroatoms. The van der Waals surface area contributed by atoms with Crippen molar-refractivity contribution in [1.29, 1.82) is 0 Å². The first-order chi connectivity index (χ1) is 11.3. The van der Waals surface area contributed by atoms with Gasteiger partial charge in [-0.1, -0.05) is 31.2 Å². The molecule has 1 heterocycles. The fraction of sp³-hybridized carbons (Fsp3) is 0.632. The molecule has 0 amide bonds. The van der Waals surface area contributed by atoms with Gasteiger partial charge in [-0.3, -0.25) is 0 Å². The van der Waals surface area contributed by atoms with Gasteiger partial charge in [0.25, 0.3) is 0 Å². The summed E-state index contributed by atoms with van der Waals surface area (Å²) in [6.45, 7) is 10.7.